The predicted octanol–water partition coefficient (Wildman–Crippen LogP) is 4.21. The highest BCUT2D eigenvalue weighted by atomic mass is 16.3. The number of hydrogen-bond donors (Lipinski definition) is 4. The summed E-state index contributed by atoms with van der Waals surface area (Å²) >= 11 is 0. The van der Waals surface area contributed by atoms with Crippen molar-refractivity contribution in [1.82, 2.24) is 15.1 Å². The number of primary amides is 1. The monoisotopic (exact) mass is 559 g/mol. The van der Waals surface area contributed by atoms with Crippen molar-refractivity contribution in [2.24, 2.45) is 11.7 Å². The molecule has 1 aromatic heterocycles. The molecule has 218 valence electrons. The number of aliphatic hydroxyl groups is 1. The van der Waals surface area contributed by atoms with Gasteiger partial charge in [0.2, 0.25) is 5.91 Å². The quantitative estimate of drug-likeness (QED) is 0.278. The number of nitrogens with zero attached hydrogens (tertiary/aromatic N) is 2. The fraction of sp³-hybridized carbons (Fsp3) is 0.438. The highest BCUT2D eigenvalue weighted by Gasteiger charge is 2.44. The van der Waals surface area contributed by atoms with Crippen LogP contribution in [0.1, 0.15) is 87.0 Å². The minimum absolute atomic E-state index is 0.0385. The summed E-state index contributed by atoms with van der Waals surface area (Å²) in [5, 5.41) is 21.3. The third-order valence-electron chi connectivity index (χ3n) is 8.35. The van der Waals surface area contributed by atoms with Gasteiger partial charge in [-0.3, -0.25) is 14.4 Å². The number of aryl methyl sites for hydroxylation is 1. The molecule has 1 aliphatic heterocycles. The number of benzene rings is 2. The summed E-state index contributed by atoms with van der Waals surface area (Å²) in [5.41, 5.74) is 6.80. The number of hydrogen-bond acceptors (Lipinski definition) is 6. The van der Waals surface area contributed by atoms with E-state index >= 15 is 0 Å². The van der Waals surface area contributed by atoms with Gasteiger partial charge in [0.25, 0.3) is 5.91 Å². The highest BCUT2D eigenvalue weighted by Crippen LogP contribution is 2.40. The van der Waals surface area contributed by atoms with Crippen LogP contribution < -0.4 is 16.4 Å². The molecule has 1 aliphatic rings. The van der Waals surface area contributed by atoms with Gasteiger partial charge in [-0.15, -0.1) is 0 Å². The molecule has 0 saturated heterocycles. The van der Waals surface area contributed by atoms with Crippen LogP contribution in [0, 0.1) is 5.92 Å². The molecule has 0 fully saturated rings. The first kappa shape index (κ1) is 30.0. The van der Waals surface area contributed by atoms with Crippen molar-refractivity contribution in [2.45, 2.75) is 83.5 Å². The van der Waals surface area contributed by atoms with Crippen LogP contribution in [0.15, 0.2) is 60.8 Å². The van der Waals surface area contributed by atoms with E-state index in [-0.39, 0.29) is 24.4 Å². The molecule has 0 spiro atoms. The molecule has 0 bridgehead atoms. The number of fused-ring (bicyclic) bond motifs is 1. The molecule has 4 rings (SSSR count). The molecule has 2 heterocycles. The molecule has 3 aromatic rings. The van der Waals surface area contributed by atoms with Crippen molar-refractivity contribution in [3.05, 3.63) is 83.0 Å². The smallest absolute Gasteiger partial charge is 0.257 e. The summed E-state index contributed by atoms with van der Waals surface area (Å²) in [6.07, 6.45) is 1.90. The minimum Gasteiger partial charge on any atom is -0.393 e. The number of rotatable bonds is 11. The van der Waals surface area contributed by atoms with Crippen LogP contribution in [-0.4, -0.2) is 38.6 Å². The molecule has 4 atom stereocenters. The van der Waals surface area contributed by atoms with Crippen molar-refractivity contribution in [1.29, 1.82) is 0 Å². The van der Waals surface area contributed by atoms with E-state index in [1.54, 1.807) is 0 Å². The summed E-state index contributed by atoms with van der Waals surface area (Å²) < 4.78 is 1.82. The number of carbonyl (C=O) groups excluding carboxylic acids is 3. The molecule has 1 unspecified atom stereocenters. The van der Waals surface area contributed by atoms with Crippen molar-refractivity contribution in [3.63, 3.8) is 0 Å². The van der Waals surface area contributed by atoms with Crippen LogP contribution in [0.2, 0.25) is 0 Å². The van der Waals surface area contributed by atoms with Gasteiger partial charge in [-0.2, -0.15) is 5.10 Å². The standard InChI is InChI=1S/C32H41N5O4/c1-6-21-13-15-23(16-14-21)32(7-2,27(39)17-24(20(3)38)28(33)40)36-30(41)25-19-34-37-29(25)35-26(18-31(37,4)5)22-11-9-8-10-12-22/h8-16,19-20,24,26,35,38H,6-7,17-18H2,1-5H3,(H2,33,40)(H,36,41)/t20-,24+,26-,32?/m1/s1. The minimum atomic E-state index is -1.45. The number of aliphatic hydroxyl groups excluding tert-OH is 1. The van der Waals surface area contributed by atoms with Crippen LogP contribution in [0.25, 0.3) is 0 Å². The lowest BCUT2D eigenvalue weighted by Gasteiger charge is -2.38. The Morgan fingerprint density at radius 3 is 2.37 bits per heavy atom. The largest absolute Gasteiger partial charge is 0.393 e. The van der Waals surface area contributed by atoms with Gasteiger partial charge in [-0.25, -0.2) is 4.68 Å². The topological polar surface area (TPSA) is 139 Å². The Bertz CT molecular complexity index is 1400. The Hall–Kier alpha value is -3.98. The second-order valence-corrected chi connectivity index (χ2v) is 11.6. The zero-order valence-corrected chi connectivity index (χ0v) is 24.5. The molecular formula is C32H41N5O4. The Morgan fingerprint density at radius 2 is 1.80 bits per heavy atom. The first-order valence-corrected chi connectivity index (χ1v) is 14.3. The summed E-state index contributed by atoms with van der Waals surface area (Å²) in [4.78, 5) is 40.2. The second kappa shape index (κ2) is 11.9. The number of carbonyl (C=O) groups is 3. The maximum atomic E-state index is 14.1. The summed E-state index contributed by atoms with van der Waals surface area (Å²) in [6.45, 7) is 9.44. The predicted molar refractivity (Wildman–Crippen MR) is 158 cm³/mol. The van der Waals surface area contributed by atoms with Crippen LogP contribution in [0.5, 0.6) is 0 Å². The zero-order chi connectivity index (χ0) is 29.9. The third-order valence-corrected chi connectivity index (χ3v) is 8.35. The van der Waals surface area contributed by atoms with Gasteiger partial charge in [-0.1, -0.05) is 68.4 Å². The van der Waals surface area contributed by atoms with E-state index in [1.165, 1.54) is 13.1 Å². The molecular weight excluding hydrogens is 518 g/mol. The highest BCUT2D eigenvalue weighted by molar-refractivity contribution is 6.03. The third kappa shape index (κ3) is 5.91. The number of nitrogens with one attached hydrogen (secondary N) is 2. The van der Waals surface area contributed by atoms with Crippen molar-refractivity contribution >= 4 is 23.4 Å². The number of anilines is 1. The molecule has 41 heavy (non-hydrogen) atoms. The Kier molecular flexibility index (Phi) is 8.68. The molecule has 2 amide bonds. The van der Waals surface area contributed by atoms with E-state index in [0.29, 0.717) is 16.9 Å². The van der Waals surface area contributed by atoms with E-state index in [1.807, 2.05) is 61.0 Å². The number of Topliss-reactive ketones (excluding diaryl/α,β-unsaturated/α-hetero) is 1. The first-order chi connectivity index (χ1) is 19.4. The lowest BCUT2D eigenvalue weighted by Crippen LogP contribution is -2.53. The number of ketones is 1. The SMILES string of the molecule is CCc1ccc(C(CC)(NC(=O)c2cnn3c2N[C@@H](c2ccccc2)CC3(C)C)C(=O)C[C@H](C(N)=O)[C@@H](C)O)cc1. The van der Waals surface area contributed by atoms with E-state index in [9.17, 15) is 19.5 Å². The Balaban J connectivity index is 1.74. The van der Waals surface area contributed by atoms with Crippen LogP contribution in [0.4, 0.5) is 5.82 Å². The van der Waals surface area contributed by atoms with Gasteiger partial charge >= 0.3 is 0 Å². The summed E-state index contributed by atoms with van der Waals surface area (Å²) in [7, 11) is 0. The second-order valence-electron chi connectivity index (χ2n) is 11.6. The van der Waals surface area contributed by atoms with Crippen molar-refractivity contribution in [3.8, 4) is 0 Å². The molecule has 2 aromatic carbocycles. The van der Waals surface area contributed by atoms with E-state index in [4.69, 9.17) is 5.73 Å². The molecule has 0 aliphatic carbocycles. The number of nitrogens with two attached hydrogens (primary N) is 1. The summed E-state index contributed by atoms with van der Waals surface area (Å²) in [5.74, 6) is -2.15. The molecule has 0 radical (unpaired) electrons. The lowest BCUT2D eigenvalue weighted by atomic mass is 9.78. The fourth-order valence-electron chi connectivity index (χ4n) is 5.76. The molecule has 0 saturated carbocycles. The van der Waals surface area contributed by atoms with E-state index in [0.717, 1.165) is 24.0 Å². The zero-order valence-electron chi connectivity index (χ0n) is 24.5. The molecule has 5 N–H and O–H groups in total. The maximum absolute atomic E-state index is 14.1. The van der Waals surface area contributed by atoms with Gasteiger partial charge in [0.1, 0.15) is 16.9 Å². The van der Waals surface area contributed by atoms with Gasteiger partial charge in [0.05, 0.1) is 29.8 Å². The maximum Gasteiger partial charge on any atom is 0.257 e. The van der Waals surface area contributed by atoms with Crippen molar-refractivity contribution in [2.75, 3.05) is 5.32 Å². The molecule has 9 nitrogen and oxygen atoms in total. The normalized spacial score (nSPS) is 18.7. The van der Waals surface area contributed by atoms with Gasteiger partial charge in [0.15, 0.2) is 5.78 Å². The van der Waals surface area contributed by atoms with Crippen LogP contribution in [-0.2, 0) is 27.1 Å². The fourth-order valence-corrected chi connectivity index (χ4v) is 5.76. The van der Waals surface area contributed by atoms with Gasteiger partial charge in [0, 0.05) is 6.42 Å². The van der Waals surface area contributed by atoms with Crippen LogP contribution >= 0.6 is 0 Å². The molecule has 9 heteroatoms. The lowest BCUT2D eigenvalue weighted by molar-refractivity contribution is -0.134. The van der Waals surface area contributed by atoms with E-state index < -0.39 is 35.2 Å². The summed E-state index contributed by atoms with van der Waals surface area (Å²) in [6, 6.07) is 17.5. The van der Waals surface area contributed by atoms with Gasteiger partial charge < -0.3 is 21.5 Å². The number of amides is 2. The Morgan fingerprint density at radius 1 is 1.15 bits per heavy atom. The van der Waals surface area contributed by atoms with Crippen molar-refractivity contribution < 1.29 is 19.5 Å². The number of aromatic nitrogens is 2. The average molecular weight is 560 g/mol. The first-order valence-electron chi connectivity index (χ1n) is 14.3. The van der Waals surface area contributed by atoms with Gasteiger partial charge in [-0.05, 0) is 56.7 Å². The average Bonchev–Trinajstić information content (AvgIpc) is 3.40. The van der Waals surface area contributed by atoms with Crippen LogP contribution in [0.3, 0.4) is 0 Å². The Labute approximate surface area is 241 Å². The van der Waals surface area contributed by atoms with E-state index in [2.05, 4.69) is 41.7 Å².